The van der Waals surface area contributed by atoms with E-state index in [-0.39, 0.29) is 34.4 Å². The van der Waals surface area contributed by atoms with Crippen LogP contribution in [0.5, 0.6) is 0 Å². The fourth-order valence-electron chi connectivity index (χ4n) is 0. The van der Waals surface area contributed by atoms with Crippen LogP contribution in [0.3, 0.4) is 0 Å². The molecule has 2 radical (unpaired) electrons. The van der Waals surface area contributed by atoms with Gasteiger partial charge in [0.15, 0.2) is 0 Å². The van der Waals surface area contributed by atoms with Gasteiger partial charge in [-0.15, -0.1) is 0 Å². The zero-order chi connectivity index (χ0) is 7.15. The van der Waals surface area contributed by atoms with Crippen molar-refractivity contribution in [2.75, 3.05) is 0 Å². The van der Waals surface area contributed by atoms with Gasteiger partial charge < -0.3 is 30.6 Å². The fourth-order valence-corrected chi connectivity index (χ4v) is 0. The Labute approximate surface area is 75.7 Å². The zero-order valence-corrected chi connectivity index (χ0v) is 6.27. The van der Waals surface area contributed by atoms with Gasteiger partial charge in [-0.3, -0.25) is 0 Å². The monoisotopic (exact) mass is 239 g/mol. The average molecular weight is 240 g/mol. The Balaban J connectivity index is -0.0000000300. The van der Waals surface area contributed by atoms with Gasteiger partial charge in [0.2, 0.25) is 0 Å². The molecule has 0 rings (SSSR count). The van der Waals surface area contributed by atoms with Crippen LogP contribution in [0.25, 0.3) is 0 Å². The second-order valence-corrected chi connectivity index (χ2v) is 0.447. The number of rotatable bonds is 0. The van der Waals surface area contributed by atoms with Crippen LogP contribution in [0.15, 0.2) is 0 Å². The molecule has 10 heteroatoms. The van der Waals surface area contributed by atoms with Crippen LogP contribution in [0.4, 0.5) is 0 Å². The van der Waals surface area contributed by atoms with Gasteiger partial charge in [0.05, 0.1) is 10.2 Å². The van der Waals surface area contributed by atoms with Crippen molar-refractivity contribution in [2.45, 2.75) is 0 Å². The smallest absolute Gasteiger partial charge is 0.356 e. The summed E-state index contributed by atoms with van der Waals surface area (Å²) in [5, 5.41) is 29.5. The minimum Gasteiger partial charge on any atom is -0.356 e. The Bertz CT molecular complexity index is 73.7. The third-order valence-corrected chi connectivity index (χ3v) is 0. The first kappa shape index (κ1) is 22.7. The fraction of sp³-hybridized carbons (Fsp3) is 0. The first-order chi connectivity index (χ1) is 3.46. The Morgan fingerprint density at radius 3 is 0.800 bits per heavy atom. The minimum absolute atomic E-state index is 0. The summed E-state index contributed by atoms with van der Waals surface area (Å²) in [6, 6.07) is 0. The van der Waals surface area contributed by atoms with E-state index >= 15 is 0 Å². The van der Waals surface area contributed by atoms with Crippen LogP contribution in [-0.4, -0.2) is 10.2 Å². The molecule has 0 aromatic rings. The van der Waals surface area contributed by atoms with E-state index in [2.05, 4.69) is 0 Å². The van der Waals surface area contributed by atoms with E-state index in [0.717, 1.165) is 0 Å². The molecule has 0 saturated heterocycles. The van der Waals surface area contributed by atoms with Crippen molar-refractivity contribution >= 4 is 0 Å². The maximum atomic E-state index is 8.25. The molecule has 0 spiro atoms. The first-order valence-corrected chi connectivity index (χ1v) is 1.10. The van der Waals surface area contributed by atoms with Crippen LogP contribution in [0, 0.1) is 30.6 Å². The number of nitrogens with zero attached hydrogens (tertiary/aromatic N) is 2. The van der Waals surface area contributed by atoms with Crippen LogP contribution in [-0.2, 0) is 34.4 Å². The minimum atomic E-state index is -1.75. The summed E-state index contributed by atoms with van der Waals surface area (Å²) in [5.74, 6) is 0. The third-order valence-electron chi connectivity index (χ3n) is 0. The molecule has 0 amide bonds. The van der Waals surface area contributed by atoms with Crippen molar-refractivity contribution in [2.24, 2.45) is 0 Å². The van der Waals surface area contributed by atoms with Crippen LogP contribution < -0.4 is 0 Å². The van der Waals surface area contributed by atoms with E-state index in [0.29, 0.717) is 0 Å². The van der Waals surface area contributed by atoms with Crippen molar-refractivity contribution in [3.8, 4) is 0 Å². The van der Waals surface area contributed by atoms with Crippen molar-refractivity contribution in [3.63, 3.8) is 0 Å². The van der Waals surface area contributed by atoms with Crippen molar-refractivity contribution < 1.29 is 44.6 Å². The summed E-state index contributed by atoms with van der Waals surface area (Å²) in [6.07, 6.45) is 0. The van der Waals surface area contributed by atoms with Crippen LogP contribution >= 0.6 is 0 Å². The number of hydrogen-bond donors (Lipinski definition) is 0. The predicted molar refractivity (Wildman–Crippen MR) is 20.7 cm³/mol. The van der Waals surface area contributed by atoms with Gasteiger partial charge >= 0.3 is 34.4 Å². The number of hydrogen-bond acceptors (Lipinski definition) is 6. The van der Waals surface area contributed by atoms with E-state index in [4.69, 9.17) is 30.6 Å². The maximum absolute atomic E-state index is 8.25. The maximum Gasteiger partial charge on any atom is 3.00 e. The third kappa shape index (κ3) is 1030. The standard InChI is InChI=1S/Cr.Cu.2NO3/c;;2*2-1(3)4/q+3;+2;2*-1. The molecule has 0 heterocycles. The molecule has 0 saturated carbocycles. The molecule has 0 aliphatic carbocycles. The Hall–Kier alpha value is -0.548. The van der Waals surface area contributed by atoms with Gasteiger partial charge in [-0.25, -0.2) is 0 Å². The van der Waals surface area contributed by atoms with E-state index in [1.54, 1.807) is 0 Å². The summed E-state index contributed by atoms with van der Waals surface area (Å²) in [5.41, 5.74) is 0. The van der Waals surface area contributed by atoms with Crippen LogP contribution in [0.2, 0.25) is 0 Å². The van der Waals surface area contributed by atoms with Gasteiger partial charge in [-0.2, -0.15) is 0 Å². The molecule has 0 aromatic carbocycles. The molecule has 8 nitrogen and oxygen atoms in total. The van der Waals surface area contributed by atoms with Gasteiger partial charge in [0, 0.05) is 0 Å². The largest absolute Gasteiger partial charge is 3.00 e. The summed E-state index contributed by atoms with van der Waals surface area (Å²) in [4.78, 5) is 16.5. The zero-order valence-electron chi connectivity index (χ0n) is 4.05. The molecule has 0 aliphatic heterocycles. The van der Waals surface area contributed by atoms with E-state index in [9.17, 15) is 0 Å². The second-order valence-electron chi connectivity index (χ2n) is 0.447. The normalized spacial score (nSPS) is 4.80. The van der Waals surface area contributed by atoms with Crippen molar-refractivity contribution in [1.29, 1.82) is 0 Å². The molecule has 0 atom stereocenters. The first-order valence-electron chi connectivity index (χ1n) is 1.10. The van der Waals surface area contributed by atoms with Crippen molar-refractivity contribution in [3.05, 3.63) is 30.6 Å². The molecule has 0 bridgehead atoms. The molecule has 0 fully saturated rings. The molecule has 0 unspecified atom stereocenters. The summed E-state index contributed by atoms with van der Waals surface area (Å²) in [6.45, 7) is 0. The van der Waals surface area contributed by atoms with Crippen LogP contribution in [0.1, 0.15) is 0 Å². The summed E-state index contributed by atoms with van der Waals surface area (Å²) < 4.78 is 0. The molecular weight excluding hydrogens is 240 g/mol. The molecular formula is CrCuN2O6+3. The molecule has 10 heavy (non-hydrogen) atoms. The van der Waals surface area contributed by atoms with E-state index < -0.39 is 10.2 Å². The van der Waals surface area contributed by atoms with Gasteiger partial charge in [0.1, 0.15) is 0 Å². The predicted octanol–water partition coefficient (Wildman–Crippen LogP) is -0.483. The van der Waals surface area contributed by atoms with Gasteiger partial charge in [-0.1, -0.05) is 0 Å². The molecule has 0 aliphatic rings. The second kappa shape index (κ2) is 15.8. The van der Waals surface area contributed by atoms with Gasteiger partial charge in [-0.05, 0) is 0 Å². The summed E-state index contributed by atoms with van der Waals surface area (Å²) >= 11 is 0. The SMILES string of the molecule is O=[N+]([O-])[O-].O=[N+]([O-])[O-].[Cr+3].[Cu+2]. The molecule has 60 valence electrons. The van der Waals surface area contributed by atoms with Gasteiger partial charge in [0.25, 0.3) is 0 Å². The molecule has 0 N–H and O–H groups in total. The van der Waals surface area contributed by atoms with Crippen molar-refractivity contribution in [1.82, 2.24) is 0 Å². The summed E-state index contributed by atoms with van der Waals surface area (Å²) in [7, 11) is 0. The molecule has 0 aromatic heterocycles. The Morgan fingerprint density at radius 1 is 0.800 bits per heavy atom. The average Bonchev–Trinajstić information content (AvgIpc) is 1.25. The van der Waals surface area contributed by atoms with E-state index in [1.165, 1.54) is 0 Å². The van der Waals surface area contributed by atoms with E-state index in [1.807, 2.05) is 0 Å². The Morgan fingerprint density at radius 2 is 0.800 bits per heavy atom. The quantitative estimate of drug-likeness (QED) is 0.318. The Kier molecular flexibility index (Phi) is 35.9. The topological polar surface area (TPSA) is 132 Å².